The number of hydrogen-bond donors (Lipinski definition) is 3. The van der Waals surface area contributed by atoms with E-state index in [1.54, 1.807) is 20.2 Å². The number of likely N-dealkylation sites (N-methyl/N-ethyl adjacent to an activating group) is 1. The second-order valence-electron chi connectivity index (χ2n) is 8.13. The Morgan fingerprint density at radius 1 is 1.34 bits per heavy atom. The Hall–Kier alpha value is -3.20. The summed E-state index contributed by atoms with van der Waals surface area (Å²) in [5, 5.41) is 13.5. The molecule has 0 saturated carbocycles. The first kappa shape index (κ1) is 23.5. The Bertz CT molecular complexity index is 930. The number of nitrogens with zero attached hydrogens (tertiary/aromatic N) is 2. The number of aromatic nitrogens is 1. The predicted octanol–water partition coefficient (Wildman–Crippen LogP) is 2.24. The molecule has 3 atom stereocenters. The maximum Gasteiger partial charge on any atom is 0.306 e. The number of carboxylic acid groups (broad SMARTS) is 1. The number of hydrazine groups is 1. The van der Waals surface area contributed by atoms with E-state index in [1.165, 1.54) is 11.4 Å². The zero-order valence-corrected chi connectivity index (χ0v) is 18.4. The average Bonchev–Trinajstić information content (AvgIpc) is 3.35. The molecule has 0 spiro atoms. The zero-order chi connectivity index (χ0) is 23.1. The van der Waals surface area contributed by atoms with E-state index in [2.05, 4.69) is 15.7 Å². The van der Waals surface area contributed by atoms with Gasteiger partial charge in [-0.1, -0.05) is 31.2 Å². The number of amides is 2. The quantitative estimate of drug-likeness (QED) is 0.544. The van der Waals surface area contributed by atoms with Crippen LogP contribution in [0.15, 0.2) is 41.3 Å². The van der Waals surface area contributed by atoms with Crippen molar-refractivity contribution in [2.45, 2.75) is 45.1 Å². The second kappa shape index (κ2) is 10.9. The van der Waals surface area contributed by atoms with Gasteiger partial charge in [-0.25, -0.2) is 10.4 Å². The molecule has 2 amide bonds. The number of rotatable bonds is 9. The minimum atomic E-state index is -0.944. The lowest BCUT2D eigenvalue weighted by Crippen LogP contribution is -2.59. The Morgan fingerprint density at radius 2 is 2.12 bits per heavy atom. The van der Waals surface area contributed by atoms with Crippen molar-refractivity contribution in [1.82, 2.24) is 20.7 Å². The maximum absolute atomic E-state index is 13.5. The van der Waals surface area contributed by atoms with Gasteiger partial charge in [0, 0.05) is 25.1 Å². The summed E-state index contributed by atoms with van der Waals surface area (Å²) in [6, 6.07) is 7.14. The van der Waals surface area contributed by atoms with Gasteiger partial charge in [-0.3, -0.25) is 19.4 Å². The van der Waals surface area contributed by atoms with E-state index in [1.807, 2.05) is 24.3 Å². The summed E-state index contributed by atoms with van der Waals surface area (Å²) in [5.41, 5.74) is 5.67. The van der Waals surface area contributed by atoms with Crippen LogP contribution in [-0.4, -0.2) is 52.5 Å². The molecule has 1 aromatic carbocycles. The SMILES string of the molecule is CNC(=O)[C@@H]1CCCNN1C(=O)[C@H](CCc1ccccc1-c1cocn1)C[C@H](C)C(=O)O. The molecule has 1 saturated heterocycles. The Morgan fingerprint density at radius 3 is 2.81 bits per heavy atom. The fourth-order valence-corrected chi connectivity index (χ4v) is 4.11. The van der Waals surface area contributed by atoms with E-state index in [-0.39, 0.29) is 18.2 Å². The van der Waals surface area contributed by atoms with Gasteiger partial charge in [-0.05, 0) is 37.7 Å². The summed E-state index contributed by atoms with van der Waals surface area (Å²) in [7, 11) is 1.55. The molecule has 172 valence electrons. The van der Waals surface area contributed by atoms with E-state index >= 15 is 0 Å². The van der Waals surface area contributed by atoms with Crippen molar-refractivity contribution in [3.05, 3.63) is 42.5 Å². The van der Waals surface area contributed by atoms with Gasteiger partial charge in [0.25, 0.3) is 0 Å². The minimum Gasteiger partial charge on any atom is -0.481 e. The molecule has 9 heteroatoms. The van der Waals surface area contributed by atoms with Gasteiger partial charge in [0.05, 0.1) is 5.92 Å². The van der Waals surface area contributed by atoms with Crippen LogP contribution in [0.25, 0.3) is 11.3 Å². The van der Waals surface area contributed by atoms with E-state index in [9.17, 15) is 19.5 Å². The van der Waals surface area contributed by atoms with Crippen LogP contribution >= 0.6 is 0 Å². The van der Waals surface area contributed by atoms with Crippen LogP contribution in [0.5, 0.6) is 0 Å². The maximum atomic E-state index is 13.5. The lowest BCUT2D eigenvalue weighted by atomic mass is 9.88. The summed E-state index contributed by atoms with van der Waals surface area (Å²) >= 11 is 0. The number of carboxylic acids is 1. The Kier molecular flexibility index (Phi) is 7.99. The molecule has 1 aliphatic rings. The highest BCUT2D eigenvalue weighted by molar-refractivity contribution is 5.88. The van der Waals surface area contributed by atoms with Crippen molar-refractivity contribution < 1.29 is 23.9 Å². The first-order valence-electron chi connectivity index (χ1n) is 10.9. The summed E-state index contributed by atoms with van der Waals surface area (Å²) in [5.74, 6) is -2.65. The molecule has 1 aromatic heterocycles. The van der Waals surface area contributed by atoms with Gasteiger partial charge < -0.3 is 14.8 Å². The molecule has 3 N–H and O–H groups in total. The molecule has 2 aromatic rings. The highest BCUT2D eigenvalue weighted by Crippen LogP contribution is 2.27. The lowest BCUT2D eigenvalue weighted by Gasteiger charge is -2.37. The van der Waals surface area contributed by atoms with Gasteiger partial charge in [0.15, 0.2) is 6.39 Å². The molecule has 0 radical (unpaired) electrons. The van der Waals surface area contributed by atoms with Crippen LogP contribution in [0, 0.1) is 11.8 Å². The topological polar surface area (TPSA) is 125 Å². The van der Waals surface area contributed by atoms with Crippen molar-refractivity contribution in [2.24, 2.45) is 11.8 Å². The number of oxazole rings is 1. The molecule has 3 rings (SSSR count). The van der Waals surface area contributed by atoms with Gasteiger partial charge in [0.2, 0.25) is 11.8 Å². The first-order chi connectivity index (χ1) is 15.4. The molecular weight excluding hydrogens is 412 g/mol. The average molecular weight is 443 g/mol. The standard InChI is InChI=1S/C23H30N4O5/c1-15(23(30)31)12-17(22(29)27-20(21(28)24-2)8-5-11-26-27)10-9-16-6-3-4-7-18(16)19-13-32-14-25-19/h3-4,6-7,13-15,17,20,26H,5,8-12H2,1-2H3,(H,24,28)(H,30,31)/t15-,17+,20-/m0/s1. The monoisotopic (exact) mass is 442 g/mol. The fourth-order valence-electron chi connectivity index (χ4n) is 4.11. The highest BCUT2D eigenvalue weighted by atomic mass is 16.4. The lowest BCUT2D eigenvalue weighted by molar-refractivity contribution is -0.151. The molecule has 0 aliphatic carbocycles. The van der Waals surface area contributed by atoms with E-state index in [0.29, 0.717) is 31.5 Å². The molecule has 0 unspecified atom stereocenters. The van der Waals surface area contributed by atoms with Gasteiger partial charge in [-0.15, -0.1) is 0 Å². The van der Waals surface area contributed by atoms with Crippen LogP contribution in [0.4, 0.5) is 0 Å². The number of aryl methyl sites for hydroxylation is 1. The van der Waals surface area contributed by atoms with Crippen molar-refractivity contribution in [2.75, 3.05) is 13.6 Å². The number of aliphatic carboxylic acids is 1. The van der Waals surface area contributed by atoms with E-state index in [0.717, 1.165) is 17.5 Å². The second-order valence-corrected chi connectivity index (χ2v) is 8.13. The predicted molar refractivity (Wildman–Crippen MR) is 117 cm³/mol. The first-order valence-corrected chi connectivity index (χ1v) is 10.9. The Balaban J connectivity index is 1.81. The Labute approximate surface area is 187 Å². The summed E-state index contributed by atoms with van der Waals surface area (Å²) in [6.45, 7) is 2.20. The number of hydrogen-bond acceptors (Lipinski definition) is 6. The zero-order valence-electron chi connectivity index (χ0n) is 18.4. The smallest absolute Gasteiger partial charge is 0.306 e. The summed E-state index contributed by atoms with van der Waals surface area (Å²) < 4.78 is 5.11. The van der Waals surface area contributed by atoms with Crippen molar-refractivity contribution in [1.29, 1.82) is 0 Å². The van der Waals surface area contributed by atoms with Crippen LogP contribution < -0.4 is 10.7 Å². The third kappa shape index (κ3) is 5.53. The number of carbonyl (C=O) groups excluding carboxylic acids is 2. The summed E-state index contributed by atoms with van der Waals surface area (Å²) in [6.07, 6.45) is 5.48. The number of benzene rings is 1. The normalized spacial score (nSPS) is 18.1. The molecule has 1 aliphatic heterocycles. The molecule has 32 heavy (non-hydrogen) atoms. The van der Waals surface area contributed by atoms with Gasteiger partial charge in [-0.2, -0.15) is 0 Å². The van der Waals surface area contributed by atoms with E-state index < -0.39 is 23.8 Å². The molecule has 2 heterocycles. The third-order valence-electron chi connectivity index (χ3n) is 5.93. The minimum absolute atomic E-state index is 0.193. The van der Waals surface area contributed by atoms with Gasteiger partial charge in [0.1, 0.15) is 18.0 Å². The van der Waals surface area contributed by atoms with Gasteiger partial charge >= 0.3 is 5.97 Å². The largest absolute Gasteiger partial charge is 0.481 e. The van der Waals surface area contributed by atoms with Crippen LogP contribution in [0.2, 0.25) is 0 Å². The highest BCUT2D eigenvalue weighted by Gasteiger charge is 2.36. The molecule has 9 nitrogen and oxygen atoms in total. The molecular formula is C23H30N4O5. The third-order valence-corrected chi connectivity index (χ3v) is 5.93. The van der Waals surface area contributed by atoms with Crippen LogP contribution in [0.1, 0.15) is 38.2 Å². The van der Waals surface area contributed by atoms with Crippen molar-refractivity contribution >= 4 is 17.8 Å². The van der Waals surface area contributed by atoms with Crippen LogP contribution in [0.3, 0.4) is 0 Å². The number of nitrogens with one attached hydrogen (secondary N) is 2. The van der Waals surface area contributed by atoms with E-state index in [4.69, 9.17) is 4.42 Å². The molecule has 1 fully saturated rings. The fraction of sp³-hybridized carbons (Fsp3) is 0.478. The summed E-state index contributed by atoms with van der Waals surface area (Å²) in [4.78, 5) is 41.6. The number of carbonyl (C=O) groups is 3. The van der Waals surface area contributed by atoms with Crippen molar-refractivity contribution in [3.63, 3.8) is 0 Å². The van der Waals surface area contributed by atoms with Crippen LogP contribution in [-0.2, 0) is 20.8 Å². The molecule has 0 bridgehead atoms. The van der Waals surface area contributed by atoms with Crippen molar-refractivity contribution in [3.8, 4) is 11.3 Å².